The first kappa shape index (κ1) is 22.0. The zero-order chi connectivity index (χ0) is 22.9. The molecule has 1 fully saturated rings. The summed E-state index contributed by atoms with van der Waals surface area (Å²) >= 11 is 0. The van der Waals surface area contributed by atoms with Crippen LogP contribution in [-0.2, 0) is 21.4 Å². The predicted octanol–water partition coefficient (Wildman–Crippen LogP) is 3.37. The molecule has 1 aliphatic rings. The lowest BCUT2D eigenvalue weighted by atomic mass is 10.0. The maximum atomic E-state index is 13.0. The van der Waals surface area contributed by atoms with Gasteiger partial charge in [0.1, 0.15) is 0 Å². The van der Waals surface area contributed by atoms with E-state index < -0.39 is 10.0 Å². The van der Waals surface area contributed by atoms with E-state index in [1.807, 2.05) is 30.3 Å². The van der Waals surface area contributed by atoms with Gasteiger partial charge in [-0.15, -0.1) is 0 Å². The summed E-state index contributed by atoms with van der Waals surface area (Å²) in [6.45, 7) is 0.226. The van der Waals surface area contributed by atoms with Crippen LogP contribution in [0.3, 0.4) is 0 Å². The van der Waals surface area contributed by atoms with Crippen LogP contribution >= 0.6 is 0 Å². The molecule has 0 heterocycles. The van der Waals surface area contributed by atoms with E-state index >= 15 is 0 Å². The molecule has 0 bridgehead atoms. The summed E-state index contributed by atoms with van der Waals surface area (Å²) in [5.41, 5.74) is 1.65. The fraction of sp³-hybridized carbons (Fsp3) is 0.250. The van der Waals surface area contributed by atoms with Crippen LogP contribution in [0.2, 0.25) is 0 Å². The molecule has 7 nitrogen and oxygen atoms in total. The summed E-state index contributed by atoms with van der Waals surface area (Å²) in [6, 6.07) is 17.7. The number of hydrogen-bond donors (Lipinski definition) is 2. The number of carbonyl (C=O) groups excluding carboxylic acids is 2. The number of sulfonamides is 1. The number of amides is 2. The van der Waals surface area contributed by atoms with E-state index in [2.05, 4.69) is 10.6 Å². The highest BCUT2D eigenvalue weighted by molar-refractivity contribution is 7.89. The van der Waals surface area contributed by atoms with Crippen LogP contribution in [0.25, 0.3) is 10.8 Å². The Hall–Kier alpha value is -3.23. The molecule has 3 aromatic carbocycles. The van der Waals surface area contributed by atoms with Crippen LogP contribution in [0.5, 0.6) is 0 Å². The minimum Gasteiger partial charge on any atom is -0.348 e. The third kappa shape index (κ3) is 4.66. The highest BCUT2D eigenvalue weighted by Crippen LogP contribution is 2.32. The van der Waals surface area contributed by atoms with Crippen LogP contribution in [0.4, 0.5) is 5.69 Å². The van der Waals surface area contributed by atoms with Crippen LogP contribution in [0.1, 0.15) is 28.8 Å². The quantitative estimate of drug-likeness (QED) is 0.576. The Morgan fingerprint density at radius 1 is 0.969 bits per heavy atom. The first-order valence-electron chi connectivity index (χ1n) is 10.4. The average molecular weight is 452 g/mol. The van der Waals surface area contributed by atoms with Crippen molar-refractivity contribution in [3.63, 3.8) is 0 Å². The van der Waals surface area contributed by atoms with Crippen molar-refractivity contribution in [1.82, 2.24) is 9.62 Å². The Kier molecular flexibility index (Phi) is 5.99. The zero-order valence-electron chi connectivity index (χ0n) is 18.0. The SMILES string of the molecule is CN(C)S(=O)(=O)c1ccc(CNC(=O)c2cc3ccccc3cc2NC(=O)C2CC2)cc1. The largest absolute Gasteiger partial charge is 0.348 e. The third-order valence-corrected chi connectivity index (χ3v) is 7.32. The molecule has 0 atom stereocenters. The van der Waals surface area contributed by atoms with Crippen molar-refractivity contribution in [2.45, 2.75) is 24.3 Å². The molecule has 3 aromatic rings. The molecule has 4 rings (SSSR count). The summed E-state index contributed by atoms with van der Waals surface area (Å²) in [7, 11) is -0.545. The summed E-state index contributed by atoms with van der Waals surface area (Å²) in [4.78, 5) is 25.5. The lowest BCUT2D eigenvalue weighted by molar-refractivity contribution is -0.117. The van der Waals surface area contributed by atoms with E-state index in [9.17, 15) is 18.0 Å². The molecule has 0 saturated heterocycles. The topological polar surface area (TPSA) is 95.6 Å². The molecule has 166 valence electrons. The van der Waals surface area contributed by atoms with Gasteiger partial charge in [0.05, 0.1) is 16.1 Å². The molecule has 0 radical (unpaired) electrons. The Bertz CT molecular complexity index is 1280. The number of fused-ring (bicyclic) bond motifs is 1. The van der Waals surface area contributed by atoms with Gasteiger partial charge in [0, 0.05) is 26.6 Å². The Morgan fingerprint density at radius 2 is 1.59 bits per heavy atom. The van der Waals surface area contributed by atoms with Crippen molar-refractivity contribution in [1.29, 1.82) is 0 Å². The van der Waals surface area contributed by atoms with E-state index in [-0.39, 0.29) is 29.2 Å². The van der Waals surface area contributed by atoms with Crippen molar-refractivity contribution in [3.05, 3.63) is 71.8 Å². The first-order chi connectivity index (χ1) is 15.3. The van der Waals surface area contributed by atoms with Gasteiger partial charge >= 0.3 is 0 Å². The number of nitrogens with zero attached hydrogens (tertiary/aromatic N) is 1. The van der Waals surface area contributed by atoms with E-state index in [1.165, 1.54) is 26.2 Å². The van der Waals surface area contributed by atoms with Gasteiger partial charge in [-0.05, 0) is 53.4 Å². The summed E-state index contributed by atoms with van der Waals surface area (Å²) < 4.78 is 25.6. The number of anilines is 1. The van der Waals surface area contributed by atoms with Crippen molar-refractivity contribution in [2.24, 2.45) is 5.92 Å². The van der Waals surface area contributed by atoms with E-state index in [0.717, 1.165) is 33.5 Å². The monoisotopic (exact) mass is 451 g/mol. The Morgan fingerprint density at radius 3 is 2.19 bits per heavy atom. The molecule has 2 amide bonds. The molecule has 0 aromatic heterocycles. The van der Waals surface area contributed by atoms with Gasteiger partial charge < -0.3 is 10.6 Å². The van der Waals surface area contributed by atoms with Crippen LogP contribution in [0, 0.1) is 5.92 Å². The van der Waals surface area contributed by atoms with Gasteiger partial charge in [0.15, 0.2) is 0 Å². The zero-order valence-corrected chi connectivity index (χ0v) is 18.8. The number of benzene rings is 3. The second-order valence-corrected chi connectivity index (χ2v) is 10.3. The molecule has 2 N–H and O–H groups in total. The number of hydrogen-bond acceptors (Lipinski definition) is 4. The maximum absolute atomic E-state index is 13.0. The highest BCUT2D eigenvalue weighted by atomic mass is 32.2. The minimum atomic E-state index is -3.50. The van der Waals surface area contributed by atoms with Crippen LogP contribution in [-0.4, -0.2) is 38.6 Å². The molecule has 0 unspecified atom stereocenters. The fourth-order valence-electron chi connectivity index (χ4n) is 3.38. The molecular formula is C24H25N3O4S. The molecule has 8 heteroatoms. The molecule has 32 heavy (non-hydrogen) atoms. The van der Waals surface area contributed by atoms with Gasteiger partial charge in [-0.1, -0.05) is 36.4 Å². The van der Waals surface area contributed by atoms with Gasteiger partial charge in [0.25, 0.3) is 5.91 Å². The number of carbonyl (C=O) groups is 2. The van der Waals surface area contributed by atoms with Crippen molar-refractivity contribution in [2.75, 3.05) is 19.4 Å². The molecule has 0 spiro atoms. The highest BCUT2D eigenvalue weighted by Gasteiger charge is 2.30. The van der Waals surface area contributed by atoms with Crippen LogP contribution in [0.15, 0.2) is 65.6 Å². The maximum Gasteiger partial charge on any atom is 0.253 e. The number of rotatable bonds is 7. The van der Waals surface area contributed by atoms with Crippen molar-refractivity contribution >= 4 is 38.3 Å². The predicted molar refractivity (Wildman–Crippen MR) is 124 cm³/mol. The minimum absolute atomic E-state index is 0.0225. The molecular weight excluding hydrogens is 426 g/mol. The second-order valence-electron chi connectivity index (χ2n) is 8.12. The number of nitrogens with one attached hydrogen (secondary N) is 2. The van der Waals surface area contributed by atoms with Crippen molar-refractivity contribution in [3.8, 4) is 0 Å². The van der Waals surface area contributed by atoms with Crippen LogP contribution < -0.4 is 10.6 Å². The van der Waals surface area contributed by atoms with E-state index in [4.69, 9.17) is 0 Å². The van der Waals surface area contributed by atoms with Gasteiger partial charge in [-0.3, -0.25) is 9.59 Å². The third-order valence-electron chi connectivity index (χ3n) is 5.49. The van der Waals surface area contributed by atoms with Gasteiger partial charge in [-0.25, -0.2) is 12.7 Å². The van der Waals surface area contributed by atoms with Gasteiger partial charge in [0.2, 0.25) is 15.9 Å². The normalized spacial score (nSPS) is 13.8. The molecule has 0 aliphatic heterocycles. The summed E-state index contributed by atoms with van der Waals surface area (Å²) in [5.74, 6) is -0.354. The molecule has 1 saturated carbocycles. The van der Waals surface area contributed by atoms with Gasteiger partial charge in [-0.2, -0.15) is 0 Å². The van der Waals surface area contributed by atoms with Crippen molar-refractivity contribution < 1.29 is 18.0 Å². The summed E-state index contributed by atoms with van der Waals surface area (Å²) in [5, 5.41) is 7.62. The Balaban J connectivity index is 1.53. The second kappa shape index (κ2) is 8.72. The Labute approximate surface area is 187 Å². The lowest BCUT2D eigenvalue weighted by Crippen LogP contribution is -2.25. The molecule has 1 aliphatic carbocycles. The summed E-state index contributed by atoms with van der Waals surface area (Å²) in [6.07, 6.45) is 1.75. The van der Waals surface area contributed by atoms with E-state index in [1.54, 1.807) is 18.2 Å². The van der Waals surface area contributed by atoms with E-state index in [0.29, 0.717) is 11.3 Å². The fourth-order valence-corrected chi connectivity index (χ4v) is 4.28. The average Bonchev–Trinajstić information content (AvgIpc) is 3.63. The first-order valence-corrected chi connectivity index (χ1v) is 11.8. The standard InChI is InChI=1S/C24H25N3O4S/c1-27(2)32(30,31)20-11-7-16(8-12-20)15-25-24(29)21-13-18-5-3-4-6-19(18)14-22(21)26-23(28)17-9-10-17/h3-8,11-14,17H,9-10,15H2,1-2H3,(H,25,29)(H,26,28). The lowest BCUT2D eigenvalue weighted by Gasteiger charge is -2.14. The smallest absolute Gasteiger partial charge is 0.253 e.